The van der Waals surface area contributed by atoms with Crippen molar-refractivity contribution in [3.8, 4) is 11.5 Å². The van der Waals surface area contributed by atoms with Crippen LogP contribution in [0.3, 0.4) is 0 Å². The number of hydrogen-bond acceptors (Lipinski definition) is 9. The third kappa shape index (κ3) is 5.62. The second-order valence-electron chi connectivity index (χ2n) is 11.4. The van der Waals surface area contributed by atoms with Crippen molar-refractivity contribution in [1.29, 1.82) is 0 Å². The fourth-order valence-electron chi connectivity index (χ4n) is 6.32. The highest BCUT2D eigenvalue weighted by Gasteiger charge is 2.53. The van der Waals surface area contributed by atoms with Crippen LogP contribution in [0, 0.1) is 5.41 Å². The molecule has 2 bridgehead atoms. The van der Waals surface area contributed by atoms with Crippen LogP contribution in [0.15, 0.2) is 28.6 Å². The molecule has 13 nitrogen and oxygen atoms in total. The van der Waals surface area contributed by atoms with Gasteiger partial charge in [-0.05, 0) is 19.1 Å². The predicted octanol–water partition coefficient (Wildman–Crippen LogP) is 1.71. The largest absolute Gasteiger partial charge is 0.504 e. The van der Waals surface area contributed by atoms with Gasteiger partial charge in [0.15, 0.2) is 17.2 Å². The van der Waals surface area contributed by atoms with Gasteiger partial charge in [-0.1, -0.05) is 16.8 Å². The van der Waals surface area contributed by atoms with Gasteiger partial charge in [-0.15, -0.1) is 11.8 Å². The molecule has 0 unspecified atom stereocenters. The Hall–Kier alpha value is -3.49. The van der Waals surface area contributed by atoms with Crippen molar-refractivity contribution >= 4 is 52.8 Å². The highest BCUT2D eigenvalue weighted by atomic mass is 35.5. The molecular formula is C27H32ClN4O9S+. The molecule has 0 aromatic heterocycles. The number of rotatable bonds is 10. The van der Waals surface area contributed by atoms with Crippen molar-refractivity contribution in [3.63, 3.8) is 0 Å². The number of carboxylic acid groups (broad SMARTS) is 2. The van der Waals surface area contributed by atoms with Crippen LogP contribution in [0.2, 0.25) is 5.02 Å². The number of piperidine rings is 3. The van der Waals surface area contributed by atoms with Crippen LogP contribution in [0.25, 0.3) is 0 Å². The lowest BCUT2D eigenvalue weighted by Gasteiger charge is -2.56. The summed E-state index contributed by atoms with van der Waals surface area (Å²) in [7, 11) is 0. The van der Waals surface area contributed by atoms with Crippen LogP contribution in [0.4, 0.5) is 0 Å². The van der Waals surface area contributed by atoms with Crippen LogP contribution in [-0.2, 0) is 24.0 Å². The fraction of sp³-hybridized carbons (Fsp3) is 0.519. The number of halogens is 1. The first-order valence-electron chi connectivity index (χ1n) is 13.5. The Morgan fingerprint density at radius 3 is 2.43 bits per heavy atom. The molecule has 5 aliphatic rings. The van der Waals surface area contributed by atoms with E-state index in [0.29, 0.717) is 19.5 Å². The van der Waals surface area contributed by atoms with E-state index in [1.165, 1.54) is 11.0 Å². The van der Waals surface area contributed by atoms with E-state index in [1.807, 2.05) is 6.92 Å². The molecule has 2 amide bonds. The lowest BCUT2D eigenvalue weighted by Crippen LogP contribution is -2.65. The van der Waals surface area contributed by atoms with Gasteiger partial charge >= 0.3 is 11.9 Å². The van der Waals surface area contributed by atoms with Gasteiger partial charge in [-0.25, -0.2) is 9.59 Å². The number of phenols is 2. The number of quaternary nitrogens is 1. The molecule has 4 fully saturated rings. The first-order valence-corrected chi connectivity index (χ1v) is 14.9. The molecule has 226 valence electrons. The SMILES string of the molecule is C[C@@H]1S[C@@H]2CC(=O)N2C(C(=O)O)=C1C[N+]12CCC(CNC(=O)/C(=N\OCC(=O)O)c3cc(O)c(O)c(Cl)c3)(CC1)CC2. The summed E-state index contributed by atoms with van der Waals surface area (Å²) in [6.07, 6.45) is 2.75. The highest BCUT2D eigenvalue weighted by molar-refractivity contribution is 8.00. The van der Waals surface area contributed by atoms with E-state index in [1.54, 1.807) is 11.8 Å². The summed E-state index contributed by atoms with van der Waals surface area (Å²) in [5.41, 5.74) is 0.479. The molecular weight excluding hydrogens is 592 g/mol. The number of phenolic OH excluding ortho intramolecular Hbond substituents is 2. The molecule has 0 aliphatic carbocycles. The third-order valence-corrected chi connectivity index (χ3v) is 10.5. The number of fused-ring (bicyclic) bond motifs is 4. The third-order valence-electron chi connectivity index (χ3n) is 8.86. The predicted molar refractivity (Wildman–Crippen MR) is 151 cm³/mol. The van der Waals surface area contributed by atoms with Crippen molar-refractivity contribution in [1.82, 2.24) is 10.2 Å². The van der Waals surface area contributed by atoms with Gasteiger partial charge in [0.25, 0.3) is 5.91 Å². The van der Waals surface area contributed by atoms with Crippen molar-refractivity contribution < 1.29 is 48.9 Å². The van der Waals surface area contributed by atoms with Gasteiger partial charge in [-0.3, -0.25) is 14.5 Å². The lowest BCUT2D eigenvalue weighted by atomic mass is 9.70. The molecule has 0 radical (unpaired) electrons. The second-order valence-corrected chi connectivity index (χ2v) is 13.3. The minimum atomic E-state index is -1.29. The number of carboxylic acids is 2. The van der Waals surface area contributed by atoms with Gasteiger partial charge in [0.05, 0.1) is 36.5 Å². The number of carbonyl (C=O) groups is 4. The van der Waals surface area contributed by atoms with Crippen molar-refractivity contribution in [2.45, 2.75) is 43.2 Å². The molecule has 0 spiro atoms. The zero-order valence-corrected chi connectivity index (χ0v) is 24.4. The maximum atomic E-state index is 13.2. The highest BCUT2D eigenvalue weighted by Crippen LogP contribution is 2.48. The zero-order chi connectivity index (χ0) is 30.4. The number of nitrogens with one attached hydrogen (secondary N) is 1. The summed E-state index contributed by atoms with van der Waals surface area (Å²) < 4.78 is 0.737. The normalized spacial score (nSPS) is 28.7. The van der Waals surface area contributed by atoms with E-state index < -0.39 is 36.0 Å². The summed E-state index contributed by atoms with van der Waals surface area (Å²) in [4.78, 5) is 54.8. The maximum Gasteiger partial charge on any atom is 0.352 e. The monoisotopic (exact) mass is 623 g/mol. The minimum Gasteiger partial charge on any atom is -0.504 e. The molecule has 5 N–H and O–H groups in total. The lowest BCUT2D eigenvalue weighted by molar-refractivity contribution is -0.941. The number of thioether (sulfide) groups is 1. The van der Waals surface area contributed by atoms with E-state index >= 15 is 0 Å². The van der Waals surface area contributed by atoms with Gasteiger partial charge in [0, 0.05) is 47.6 Å². The standard InChI is InChI=1S/C27H31ClN4O9S/c1-14-16(23(26(39)40)31-19(34)10-20(31)42-14)11-32-5-2-27(3-6-32,4-7-32)13-29-25(38)22(30-41-12-21(35)36)15-8-17(28)24(37)18(33)9-15/h8-9,14,20H,2-7,10-13H2,1H3,(H4-,29,30,33,35,36,37,38,39,40)/p+1/t14-,20+,27?,32?/m0/s1. The molecule has 6 rings (SSSR count). The number of β-lactam (4-membered cyclic amide) rings is 1. The number of oxime groups is 1. The summed E-state index contributed by atoms with van der Waals surface area (Å²) in [5, 5.41) is 44.9. The summed E-state index contributed by atoms with van der Waals surface area (Å²) >= 11 is 7.59. The molecule has 1 aromatic rings. The van der Waals surface area contributed by atoms with Crippen molar-refractivity contribution in [3.05, 3.63) is 34.0 Å². The number of aromatic hydroxyl groups is 2. The first-order chi connectivity index (χ1) is 19.8. The molecule has 2 atom stereocenters. The van der Waals surface area contributed by atoms with Gasteiger partial charge in [0.1, 0.15) is 12.2 Å². The summed E-state index contributed by atoms with van der Waals surface area (Å²) in [5.74, 6) is -4.32. The van der Waals surface area contributed by atoms with Crippen LogP contribution in [-0.4, -0.2) is 109 Å². The fourth-order valence-corrected chi connectivity index (χ4v) is 7.94. The number of hydrogen-bond donors (Lipinski definition) is 5. The molecule has 42 heavy (non-hydrogen) atoms. The van der Waals surface area contributed by atoms with Crippen LogP contribution in [0.5, 0.6) is 11.5 Å². The Morgan fingerprint density at radius 1 is 1.19 bits per heavy atom. The second kappa shape index (κ2) is 11.3. The number of nitrogens with zero attached hydrogens (tertiary/aromatic N) is 3. The Labute approximate surface area is 250 Å². The van der Waals surface area contributed by atoms with E-state index in [2.05, 4.69) is 10.5 Å². The first kappa shape index (κ1) is 30.0. The van der Waals surface area contributed by atoms with Crippen molar-refractivity contribution in [2.75, 3.05) is 39.3 Å². The smallest absolute Gasteiger partial charge is 0.352 e. The number of aliphatic carboxylic acids is 2. The summed E-state index contributed by atoms with van der Waals surface area (Å²) in [6, 6.07) is 2.29. The van der Waals surface area contributed by atoms with E-state index in [-0.39, 0.29) is 43.9 Å². The van der Waals surface area contributed by atoms with E-state index in [0.717, 1.165) is 55.0 Å². The van der Waals surface area contributed by atoms with Gasteiger partial charge in [-0.2, -0.15) is 0 Å². The number of benzene rings is 1. The van der Waals surface area contributed by atoms with Crippen LogP contribution < -0.4 is 5.32 Å². The van der Waals surface area contributed by atoms with Gasteiger partial charge < -0.3 is 35.1 Å². The zero-order valence-electron chi connectivity index (χ0n) is 22.8. The quantitative estimate of drug-likeness (QED) is 0.0844. The minimum absolute atomic E-state index is 0.000239. The van der Waals surface area contributed by atoms with Gasteiger partial charge in [0.2, 0.25) is 12.5 Å². The Bertz CT molecular complexity index is 1370. The number of carbonyl (C=O) groups excluding carboxylic acids is 2. The van der Waals surface area contributed by atoms with Crippen LogP contribution in [0.1, 0.15) is 38.2 Å². The molecule has 1 aromatic carbocycles. The topological polar surface area (TPSA) is 186 Å². The molecule has 5 aliphatic heterocycles. The average Bonchev–Trinajstić information content (AvgIpc) is 2.94. The summed E-state index contributed by atoms with van der Waals surface area (Å²) in [6.45, 7) is 4.50. The Kier molecular flexibility index (Phi) is 8.07. The van der Waals surface area contributed by atoms with E-state index in [9.17, 15) is 34.5 Å². The average molecular weight is 624 g/mol. The van der Waals surface area contributed by atoms with Crippen LogP contribution >= 0.6 is 23.4 Å². The molecule has 5 heterocycles. The molecule has 15 heteroatoms. The molecule has 0 saturated carbocycles. The number of amides is 2. The maximum absolute atomic E-state index is 13.2. The molecule has 4 saturated heterocycles. The Balaban J connectivity index is 1.27. The van der Waals surface area contributed by atoms with Crippen molar-refractivity contribution in [2.24, 2.45) is 10.6 Å². The Morgan fingerprint density at radius 2 is 1.86 bits per heavy atom. The van der Waals surface area contributed by atoms with E-state index in [4.69, 9.17) is 21.5 Å².